The fourth-order valence-corrected chi connectivity index (χ4v) is 9.36. The van der Waals surface area contributed by atoms with Gasteiger partial charge >= 0.3 is 0 Å². The standard InChI is InChI=1S/C46H28N2S/c1-2-11-31-28-33(25-20-29(31)10-1)48-42-18-7-4-13-36(42)39-27-26-38-35-12-3-6-17-41(35)47(44(38)45(39)48)32-23-21-30(22-24-32)34-15-9-16-40-37-14-5-8-19-43(37)49-46(34)40/h1-28H. The zero-order chi connectivity index (χ0) is 32.1. The summed E-state index contributed by atoms with van der Waals surface area (Å²) in [4.78, 5) is 0. The molecule has 3 heterocycles. The molecule has 8 aromatic carbocycles. The number of rotatable bonds is 3. The molecule has 0 aliphatic carbocycles. The van der Waals surface area contributed by atoms with Crippen molar-refractivity contribution in [2.75, 3.05) is 0 Å². The Hall–Kier alpha value is -6.16. The number of nitrogens with zero attached hydrogens (tertiary/aromatic N) is 2. The Kier molecular flexibility index (Phi) is 5.57. The zero-order valence-corrected chi connectivity index (χ0v) is 27.3. The van der Waals surface area contributed by atoms with Crippen LogP contribution >= 0.6 is 11.3 Å². The molecule has 11 aromatic rings. The van der Waals surface area contributed by atoms with E-state index < -0.39 is 0 Å². The molecule has 0 amide bonds. The van der Waals surface area contributed by atoms with E-state index in [1.165, 1.54) is 91.4 Å². The fourth-order valence-electron chi connectivity index (χ4n) is 8.12. The van der Waals surface area contributed by atoms with E-state index in [0.29, 0.717) is 0 Å². The van der Waals surface area contributed by atoms with Gasteiger partial charge in [-0.25, -0.2) is 0 Å². The Morgan fingerprint density at radius 1 is 0.367 bits per heavy atom. The van der Waals surface area contributed by atoms with Crippen molar-refractivity contribution in [1.29, 1.82) is 0 Å². The van der Waals surface area contributed by atoms with Crippen molar-refractivity contribution in [3.8, 4) is 22.5 Å². The van der Waals surface area contributed by atoms with Gasteiger partial charge in [-0.3, -0.25) is 0 Å². The second-order valence-corrected chi connectivity index (χ2v) is 14.0. The summed E-state index contributed by atoms with van der Waals surface area (Å²) in [5.74, 6) is 0. The molecule has 0 radical (unpaired) electrons. The van der Waals surface area contributed by atoms with Crippen LogP contribution in [-0.4, -0.2) is 9.13 Å². The molecule has 11 rings (SSSR count). The van der Waals surface area contributed by atoms with Crippen LogP contribution in [0.5, 0.6) is 0 Å². The van der Waals surface area contributed by atoms with Crippen LogP contribution in [0.4, 0.5) is 0 Å². The van der Waals surface area contributed by atoms with E-state index >= 15 is 0 Å². The van der Waals surface area contributed by atoms with Crippen LogP contribution in [-0.2, 0) is 0 Å². The van der Waals surface area contributed by atoms with Crippen molar-refractivity contribution in [2.24, 2.45) is 0 Å². The average Bonchev–Trinajstić information content (AvgIpc) is 3.83. The second-order valence-electron chi connectivity index (χ2n) is 12.9. The van der Waals surface area contributed by atoms with Crippen molar-refractivity contribution in [1.82, 2.24) is 9.13 Å². The fraction of sp³-hybridized carbons (Fsp3) is 0. The molecule has 0 aliphatic rings. The lowest BCUT2D eigenvalue weighted by molar-refractivity contribution is 1.15. The van der Waals surface area contributed by atoms with E-state index in [2.05, 4.69) is 179 Å². The molecule has 0 N–H and O–H groups in total. The first-order valence-electron chi connectivity index (χ1n) is 16.8. The van der Waals surface area contributed by atoms with Crippen LogP contribution in [0.1, 0.15) is 0 Å². The van der Waals surface area contributed by atoms with E-state index in [1.807, 2.05) is 11.3 Å². The molecule has 49 heavy (non-hydrogen) atoms. The summed E-state index contributed by atoms with van der Waals surface area (Å²) >= 11 is 1.88. The first-order chi connectivity index (χ1) is 24.3. The highest BCUT2D eigenvalue weighted by molar-refractivity contribution is 7.26. The monoisotopic (exact) mass is 640 g/mol. The Morgan fingerprint density at radius 3 is 1.67 bits per heavy atom. The quantitative estimate of drug-likeness (QED) is 0.182. The van der Waals surface area contributed by atoms with Gasteiger partial charge in [0.25, 0.3) is 0 Å². The summed E-state index contributed by atoms with van der Waals surface area (Å²) in [6.07, 6.45) is 0. The summed E-state index contributed by atoms with van der Waals surface area (Å²) in [6.45, 7) is 0. The Morgan fingerprint density at radius 2 is 0.939 bits per heavy atom. The van der Waals surface area contributed by atoms with Gasteiger partial charge in [0.15, 0.2) is 0 Å². The third kappa shape index (κ3) is 3.82. The molecule has 0 saturated heterocycles. The van der Waals surface area contributed by atoms with E-state index in [0.717, 1.165) is 5.69 Å². The first-order valence-corrected chi connectivity index (χ1v) is 17.6. The second kappa shape index (κ2) is 10.2. The molecule has 0 unspecified atom stereocenters. The topological polar surface area (TPSA) is 9.86 Å². The molecule has 2 nitrogen and oxygen atoms in total. The summed E-state index contributed by atoms with van der Waals surface area (Å²) in [7, 11) is 0. The van der Waals surface area contributed by atoms with E-state index in [-0.39, 0.29) is 0 Å². The normalized spacial score (nSPS) is 12.1. The summed E-state index contributed by atoms with van der Waals surface area (Å²) < 4.78 is 7.63. The van der Waals surface area contributed by atoms with Gasteiger partial charge in [-0.2, -0.15) is 0 Å². The number of benzene rings is 8. The van der Waals surface area contributed by atoms with Gasteiger partial charge in [-0.05, 0) is 64.4 Å². The summed E-state index contributed by atoms with van der Waals surface area (Å²) in [5, 5.41) is 10.2. The highest BCUT2D eigenvalue weighted by Gasteiger charge is 2.21. The van der Waals surface area contributed by atoms with Crippen molar-refractivity contribution < 1.29 is 0 Å². The number of aromatic nitrogens is 2. The van der Waals surface area contributed by atoms with Gasteiger partial charge in [-0.15, -0.1) is 11.3 Å². The Balaban J connectivity index is 1.20. The molecular formula is C46H28N2S. The Bertz CT molecular complexity index is 3100. The number of fused-ring (bicyclic) bond motifs is 11. The molecule has 0 spiro atoms. The van der Waals surface area contributed by atoms with E-state index in [1.54, 1.807) is 0 Å². The minimum Gasteiger partial charge on any atom is -0.307 e. The van der Waals surface area contributed by atoms with Crippen molar-refractivity contribution in [3.63, 3.8) is 0 Å². The molecule has 0 saturated carbocycles. The van der Waals surface area contributed by atoms with Gasteiger partial charge < -0.3 is 9.13 Å². The molecule has 228 valence electrons. The highest BCUT2D eigenvalue weighted by Crippen LogP contribution is 2.43. The number of thiophene rings is 1. The van der Waals surface area contributed by atoms with Gasteiger partial charge in [0.1, 0.15) is 0 Å². The maximum atomic E-state index is 2.48. The third-order valence-electron chi connectivity index (χ3n) is 10.3. The SMILES string of the molecule is c1ccc2cc(-n3c4ccccc4c4ccc5c6ccccc6n(-c6ccc(-c7cccc8c7sc7ccccc78)cc6)c5c43)ccc2c1. The predicted molar refractivity (Wildman–Crippen MR) is 211 cm³/mol. The number of hydrogen-bond donors (Lipinski definition) is 0. The van der Waals surface area contributed by atoms with Crippen molar-refractivity contribution in [2.45, 2.75) is 0 Å². The molecule has 0 aliphatic heterocycles. The smallest absolute Gasteiger partial charge is 0.0788 e. The van der Waals surface area contributed by atoms with Crippen molar-refractivity contribution in [3.05, 3.63) is 170 Å². The van der Waals surface area contributed by atoms with Crippen molar-refractivity contribution >= 4 is 85.9 Å². The van der Waals surface area contributed by atoms with Crippen LogP contribution in [0.2, 0.25) is 0 Å². The molecule has 0 bridgehead atoms. The van der Waals surface area contributed by atoms with Crippen LogP contribution in [0.25, 0.3) is 97.1 Å². The van der Waals surface area contributed by atoms with Crippen LogP contribution in [0.15, 0.2) is 170 Å². The van der Waals surface area contributed by atoms with Crippen LogP contribution < -0.4 is 0 Å². The highest BCUT2D eigenvalue weighted by atomic mass is 32.1. The molecular weight excluding hydrogens is 613 g/mol. The van der Waals surface area contributed by atoms with Gasteiger partial charge in [0, 0.05) is 53.1 Å². The average molecular weight is 641 g/mol. The Labute approximate surface area is 286 Å². The molecule has 0 fully saturated rings. The largest absolute Gasteiger partial charge is 0.307 e. The number of hydrogen-bond acceptors (Lipinski definition) is 1. The zero-order valence-electron chi connectivity index (χ0n) is 26.5. The minimum atomic E-state index is 1.15. The minimum absolute atomic E-state index is 1.15. The van der Waals surface area contributed by atoms with E-state index in [9.17, 15) is 0 Å². The van der Waals surface area contributed by atoms with Crippen LogP contribution in [0.3, 0.4) is 0 Å². The molecule has 3 aromatic heterocycles. The summed E-state index contributed by atoms with van der Waals surface area (Å²) in [6, 6.07) is 62.4. The molecule has 0 atom stereocenters. The van der Waals surface area contributed by atoms with Gasteiger partial charge in [0.05, 0.1) is 22.1 Å². The van der Waals surface area contributed by atoms with E-state index in [4.69, 9.17) is 0 Å². The summed E-state index contributed by atoms with van der Waals surface area (Å²) in [5.41, 5.74) is 9.71. The number of para-hydroxylation sites is 2. The lowest BCUT2D eigenvalue weighted by atomic mass is 10.0. The molecule has 3 heteroatoms. The van der Waals surface area contributed by atoms with Gasteiger partial charge in [-0.1, -0.05) is 127 Å². The first kappa shape index (κ1) is 26.9. The van der Waals surface area contributed by atoms with Gasteiger partial charge in [0.2, 0.25) is 0 Å². The maximum Gasteiger partial charge on any atom is 0.0788 e. The lowest BCUT2D eigenvalue weighted by Gasteiger charge is -2.14. The predicted octanol–water partition coefficient (Wildman–Crippen LogP) is 13.1. The lowest BCUT2D eigenvalue weighted by Crippen LogP contribution is -1.99. The maximum absolute atomic E-state index is 2.48. The van der Waals surface area contributed by atoms with Crippen LogP contribution in [0, 0.1) is 0 Å². The third-order valence-corrected chi connectivity index (χ3v) is 11.5.